The predicted octanol–water partition coefficient (Wildman–Crippen LogP) is 0.250. The fraction of sp³-hybridized carbons (Fsp3) is 0.714. The number of hydrogen-bond donors (Lipinski definition) is 2. The van der Waals surface area contributed by atoms with Crippen molar-refractivity contribution in [1.82, 2.24) is 15.5 Å². The third-order valence-electron chi connectivity index (χ3n) is 2.54. The van der Waals surface area contributed by atoms with Gasteiger partial charge >= 0.3 is 0 Å². The molecule has 0 aliphatic heterocycles. The largest absolute Gasteiger partial charge is 0.365 e. The molecule has 1 heterocycles. The number of nitrogens with zero attached hydrogens (tertiary/aromatic N) is 2. The zero-order chi connectivity index (χ0) is 8.60. The lowest BCUT2D eigenvalue weighted by Gasteiger charge is -2.37. The van der Waals surface area contributed by atoms with E-state index in [2.05, 4.69) is 15.5 Å². The second-order valence-electron chi connectivity index (χ2n) is 3.14. The van der Waals surface area contributed by atoms with E-state index in [0.29, 0.717) is 5.89 Å². The van der Waals surface area contributed by atoms with E-state index in [1.807, 2.05) is 7.05 Å². The van der Waals surface area contributed by atoms with Crippen molar-refractivity contribution in [2.75, 3.05) is 12.8 Å². The monoisotopic (exact) mass is 168 g/mol. The summed E-state index contributed by atoms with van der Waals surface area (Å²) in [6.45, 7) is 0. The summed E-state index contributed by atoms with van der Waals surface area (Å²) in [6, 6.07) is 0. The van der Waals surface area contributed by atoms with Gasteiger partial charge in [0.15, 0.2) is 0 Å². The van der Waals surface area contributed by atoms with Gasteiger partial charge in [0.25, 0.3) is 5.95 Å². The van der Waals surface area contributed by atoms with Gasteiger partial charge in [0, 0.05) is 0 Å². The molecule has 3 N–H and O–H groups in total. The molecule has 66 valence electrons. The quantitative estimate of drug-likeness (QED) is 0.662. The lowest BCUT2D eigenvalue weighted by atomic mass is 9.77. The minimum Gasteiger partial charge on any atom is -0.365 e. The molecule has 1 aliphatic carbocycles. The Labute approximate surface area is 70.3 Å². The van der Waals surface area contributed by atoms with Crippen molar-refractivity contribution in [2.45, 2.75) is 24.8 Å². The first-order valence-corrected chi connectivity index (χ1v) is 4.05. The molecule has 1 saturated carbocycles. The van der Waals surface area contributed by atoms with Crippen LogP contribution in [0, 0.1) is 0 Å². The van der Waals surface area contributed by atoms with Gasteiger partial charge in [-0.25, -0.2) is 0 Å². The molecule has 1 aliphatic rings. The Morgan fingerprint density at radius 3 is 2.67 bits per heavy atom. The van der Waals surface area contributed by atoms with Gasteiger partial charge in [-0.1, -0.05) is 0 Å². The van der Waals surface area contributed by atoms with Gasteiger partial charge in [0.2, 0.25) is 5.89 Å². The molecule has 2 rings (SSSR count). The zero-order valence-electron chi connectivity index (χ0n) is 7.00. The molecule has 0 aromatic carbocycles. The average molecular weight is 168 g/mol. The Hall–Kier alpha value is -1.10. The molecule has 1 fully saturated rings. The van der Waals surface area contributed by atoms with Crippen LogP contribution in [0.25, 0.3) is 0 Å². The zero-order valence-corrected chi connectivity index (χ0v) is 7.00. The first-order chi connectivity index (χ1) is 5.77. The maximum Gasteiger partial charge on any atom is 0.260 e. The molecule has 1 aromatic heterocycles. The van der Waals surface area contributed by atoms with E-state index < -0.39 is 0 Å². The van der Waals surface area contributed by atoms with E-state index in [4.69, 9.17) is 10.3 Å². The second-order valence-corrected chi connectivity index (χ2v) is 3.14. The Morgan fingerprint density at radius 2 is 2.33 bits per heavy atom. The van der Waals surface area contributed by atoms with Gasteiger partial charge < -0.3 is 15.6 Å². The highest BCUT2D eigenvalue weighted by Crippen LogP contribution is 2.39. The molecule has 0 radical (unpaired) electrons. The Bertz CT molecular complexity index is 273. The van der Waals surface area contributed by atoms with E-state index in [1.54, 1.807) is 0 Å². The standard InChI is InChI=1S/C7H12N4O/c1-9-7(3-2-4-7)5-10-6(8)11-12-5/h9H,2-4H2,1H3,(H2,8,11). The number of anilines is 1. The van der Waals surface area contributed by atoms with Crippen molar-refractivity contribution in [3.63, 3.8) is 0 Å². The van der Waals surface area contributed by atoms with Crippen molar-refractivity contribution >= 4 is 5.95 Å². The number of nitrogens with two attached hydrogens (primary N) is 1. The number of nitrogens with one attached hydrogen (secondary N) is 1. The highest BCUT2D eigenvalue weighted by Gasteiger charge is 2.42. The van der Waals surface area contributed by atoms with Gasteiger partial charge in [0.1, 0.15) is 0 Å². The molecule has 5 heteroatoms. The molecule has 0 atom stereocenters. The van der Waals surface area contributed by atoms with Crippen LogP contribution in [-0.2, 0) is 5.54 Å². The molecule has 0 saturated heterocycles. The Morgan fingerprint density at radius 1 is 1.58 bits per heavy atom. The summed E-state index contributed by atoms with van der Waals surface area (Å²) in [5.41, 5.74) is 5.27. The first kappa shape index (κ1) is 7.54. The van der Waals surface area contributed by atoms with Gasteiger partial charge in [-0.2, -0.15) is 4.98 Å². The summed E-state index contributed by atoms with van der Waals surface area (Å²) in [4.78, 5) is 4.01. The van der Waals surface area contributed by atoms with E-state index in [9.17, 15) is 0 Å². The van der Waals surface area contributed by atoms with Crippen LogP contribution in [0.4, 0.5) is 5.95 Å². The summed E-state index contributed by atoms with van der Waals surface area (Å²) in [6.07, 6.45) is 3.29. The van der Waals surface area contributed by atoms with E-state index in [1.165, 1.54) is 6.42 Å². The maximum absolute atomic E-state index is 5.37. The summed E-state index contributed by atoms with van der Waals surface area (Å²) in [5.74, 6) is 0.834. The predicted molar refractivity (Wildman–Crippen MR) is 43.3 cm³/mol. The van der Waals surface area contributed by atoms with Crippen molar-refractivity contribution in [1.29, 1.82) is 0 Å². The third-order valence-corrected chi connectivity index (χ3v) is 2.54. The third kappa shape index (κ3) is 0.896. The highest BCUT2D eigenvalue weighted by molar-refractivity contribution is 5.16. The minimum atomic E-state index is -0.0926. The fourth-order valence-electron chi connectivity index (χ4n) is 1.53. The van der Waals surface area contributed by atoms with Gasteiger partial charge in [0.05, 0.1) is 5.54 Å². The molecule has 0 spiro atoms. The summed E-state index contributed by atoms with van der Waals surface area (Å²) >= 11 is 0. The van der Waals surface area contributed by atoms with E-state index in [0.717, 1.165) is 12.8 Å². The molecule has 12 heavy (non-hydrogen) atoms. The molecule has 0 unspecified atom stereocenters. The van der Waals surface area contributed by atoms with Crippen molar-refractivity contribution in [3.05, 3.63) is 5.89 Å². The van der Waals surface area contributed by atoms with E-state index in [-0.39, 0.29) is 11.5 Å². The smallest absolute Gasteiger partial charge is 0.260 e. The van der Waals surface area contributed by atoms with Gasteiger partial charge in [-0.3, -0.25) is 0 Å². The van der Waals surface area contributed by atoms with Crippen molar-refractivity contribution < 1.29 is 4.52 Å². The van der Waals surface area contributed by atoms with Crippen LogP contribution in [0.1, 0.15) is 25.2 Å². The molecular formula is C7H12N4O. The molecular weight excluding hydrogens is 156 g/mol. The summed E-state index contributed by atoms with van der Waals surface area (Å²) < 4.78 is 5.01. The average Bonchev–Trinajstić information content (AvgIpc) is 2.35. The number of hydrogen-bond acceptors (Lipinski definition) is 5. The summed E-state index contributed by atoms with van der Waals surface area (Å²) in [5, 5.41) is 6.76. The van der Waals surface area contributed by atoms with Crippen LogP contribution >= 0.6 is 0 Å². The second kappa shape index (κ2) is 2.45. The fourth-order valence-corrected chi connectivity index (χ4v) is 1.53. The molecule has 5 nitrogen and oxygen atoms in total. The van der Waals surface area contributed by atoms with E-state index >= 15 is 0 Å². The van der Waals surface area contributed by atoms with Crippen LogP contribution in [0.2, 0.25) is 0 Å². The van der Waals surface area contributed by atoms with Crippen molar-refractivity contribution in [3.8, 4) is 0 Å². The molecule has 0 bridgehead atoms. The van der Waals surface area contributed by atoms with Gasteiger partial charge in [-0.05, 0) is 31.5 Å². The number of nitrogen functional groups attached to an aromatic ring is 1. The van der Waals surface area contributed by atoms with Crippen LogP contribution in [-0.4, -0.2) is 17.2 Å². The van der Waals surface area contributed by atoms with Crippen LogP contribution in [0.5, 0.6) is 0 Å². The highest BCUT2D eigenvalue weighted by atomic mass is 16.5. The molecule has 1 aromatic rings. The minimum absolute atomic E-state index is 0.0926. The Balaban J connectivity index is 2.27. The molecule has 0 amide bonds. The summed E-state index contributed by atoms with van der Waals surface area (Å²) in [7, 11) is 1.90. The van der Waals surface area contributed by atoms with Crippen molar-refractivity contribution in [2.24, 2.45) is 0 Å². The van der Waals surface area contributed by atoms with Crippen LogP contribution in [0.15, 0.2) is 4.52 Å². The van der Waals surface area contributed by atoms with Crippen LogP contribution < -0.4 is 11.1 Å². The number of rotatable bonds is 2. The van der Waals surface area contributed by atoms with Gasteiger partial charge in [-0.15, -0.1) is 0 Å². The maximum atomic E-state index is 5.37. The SMILES string of the molecule is CNC1(c2nc(N)no2)CCC1. The Kier molecular flexibility index (Phi) is 1.54. The first-order valence-electron chi connectivity index (χ1n) is 4.05. The normalized spacial score (nSPS) is 20.4. The topological polar surface area (TPSA) is 77.0 Å². The van der Waals surface area contributed by atoms with Crippen LogP contribution in [0.3, 0.4) is 0 Å². The number of aromatic nitrogens is 2. The lowest BCUT2D eigenvalue weighted by Crippen LogP contribution is -2.46. The lowest BCUT2D eigenvalue weighted by molar-refractivity contribution is 0.142.